The van der Waals surface area contributed by atoms with Gasteiger partial charge in [-0.1, -0.05) is 17.8 Å². The second-order valence-corrected chi connectivity index (χ2v) is 9.92. The van der Waals surface area contributed by atoms with E-state index in [4.69, 9.17) is 4.98 Å². The summed E-state index contributed by atoms with van der Waals surface area (Å²) >= 11 is 4.65. The third-order valence-corrected chi connectivity index (χ3v) is 7.75. The molecule has 0 saturated carbocycles. The molecule has 1 unspecified atom stereocenters. The quantitative estimate of drug-likeness (QED) is 0.344. The second-order valence-electron chi connectivity index (χ2n) is 6.80. The van der Waals surface area contributed by atoms with Crippen LogP contribution in [0.25, 0.3) is 32.0 Å². The Morgan fingerprint density at radius 3 is 2.77 bits per heavy atom. The Morgan fingerprint density at radius 1 is 1.19 bits per heavy atom. The van der Waals surface area contributed by atoms with E-state index in [1.165, 1.54) is 23.1 Å². The highest BCUT2D eigenvalue weighted by Gasteiger charge is 2.20. The molecule has 31 heavy (non-hydrogen) atoms. The van der Waals surface area contributed by atoms with Gasteiger partial charge in [-0.05, 0) is 37.4 Å². The maximum absolute atomic E-state index is 12.9. The monoisotopic (exact) mass is 466 g/mol. The highest BCUT2D eigenvalue weighted by Crippen LogP contribution is 2.37. The SMILES string of the molecule is CCn1c(SC(C)c2nc3scc(-c4cccs4)c3c(=O)[nH]2)nnc1-c1ccncc1. The number of thiophene rings is 2. The number of nitrogens with zero attached hydrogens (tertiary/aromatic N) is 5. The minimum absolute atomic E-state index is 0.0934. The van der Waals surface area contributed by atoms with E-state index in [1.807, 2.05) is 41.9 Å². The van der Waals surface area contributed by atoms with Crippen LogP contribution in [0.3, 0.4) is 0 Å². The van der Waals surface area contributed by atoms with Gasteiger partial charge in [0.25, 0.3) is 5.56 Å². The van der Waals surface area contributed by atoms with Crippen molar-refractivity contribution in [1.82, 2.24) is 29.7 Å². The highest BCUT2D eigenvalue weighted by atomic mass is 32.2. The van der Waals surface area contributed by atoms with Crippen molar-refractivity contribution in [1.29, 1.82) is 0 Å². The van der Waals surface area contributed by atoms with Crippen LogP contribution in [0.1, 0.15) is 24.9 Å². The van der Waals surface area contributed by atoms with Crippen LogP contribution in [0.4, 0.5) is 0 Å². The lowest BCUT2D eigenvalue weighted by Crippen LogP contribution is -2.12. The van der Waals surface area contributed by atoms with Crippen LogP contribution in [-0.2, 0) is 6.54 Å². The maximum atomic E-state index is 12.9. The summed E-state index contributed by atoms with van der Waals surface area (Å²) in [5.41, 5.74) is 1.81. The minimum atomic E-state index is -0.105. The van der Waals surface area contributed by atoms with Gasteiger partial charge in [0, 0.05) is 40.3 Å². The molecule has 0 bridgehead atoms. The van der Waals surface area contributed by atoms with E-state index >= 15 is 0 Å². The zero-order valence-corrected chi connectivity index (χ0v) is 19.2. The Kier molecular flexibility index (Phi) is 5.43. The van der Waals surface area contributed by atoms with Crippen molar-refractivity contribution >= 4 is 44.7 Å². The molecule has 7 nitrogen and oxygen atoms in total. The van der Waals surface area contributed by atoms with E-state index in [9.17, 15) is 4.79 Å². The first-order valence-electron chi connectivity index (χ1n) is 9.71. The van der Waals surface area contributed by atoms with Crippen LogP contribution in [0.15, 0.2) is 57.4 Å². The van der Waals surface area contributed by atoms with E-state index in [1.54, 1.807) is 23.7 Å². The third-order valence-electron chi connectivity index (χ3n) is 4.89. The molecule has 1 N–H and O–H groups in total. The Labute approximate surface area is 190 Å². The molecule has 0 aliphatic rings. The number of hydrogen-bond acceptors (Lipinski definition) is 8. The average Bonchev–Trinajstić information content (AvgIpc) is 3.53. The minimum Gasteiger partial charge on any atom is -0.309 e. The lowest BCUT2D eigenvalue weighted by molar-refractivity contribution is 0.685. The van der Waals surface area contributed by atoms with Gasteiger partial charge in [-0.15, -0.1) is 32.9 Å². The van der Waals surface area contributed by atoms with Crippen molar-refractivity contribution in [2.45, 2.75) is 30.8 Å². The largest absolute Gasteiger partial charge is 0.309 e. The van der Waals surface area contributed by atoms with Crippen molar-refractivity contribution < 1.29 is 0 Å². The molecule has 0 amide bonds. The molecule has 0 radical (unpaired) electrons. The highest BCUT2D eigenvalue weighted by molar-refractivity contribution is 7.99. The van der Waals surface area contributed by atoms with E-state index in [2.05, 4.69) is 31.7 Å². The van der Waals surface area contributed by atoms with Crippen LogP contribution in [0.2, 0.25) is 0 Å². The summed E-state index contributed by atoms with van der Waals surface area (Å²) < 4.78 is 2.06. The average molecular weight is 467 g/mol. The first-order valence-corrected chi connectivity index (χ1v) is 12.3. The normalized spacial score (nSPS) is 12.5. The van der Waals surface area contributed by atoms with Crippen molar-refractivity contribution in [2.75, 3.05) is 0 Å². The summed E-state index contributed by atoms with van der Waals surface area (Å²) in [7, 11) is 0. The molecule has 5 heterocycles. The molecule has 5 aromatic heterocycles. The molecule has 0 saturated heterocycles. The van der Waals surface area contributed by atoms with E-state index in [0.717, 1.165) is 38.4 Å². The Bertz CT molecular complexity index is 1390. The molecule has 10 heteroatoms. The smallest absolute Gasteiger partial charge is 0.260 e. The first-order chi connectivity index (χ1) is 15.2. The number of fused-ring (bicyclic) bond motifs is 1. The molecule has 0 aliphatic heterocycles. The van der Waals surface area contributed by atoms with Gasteiger partial charge in [0.2, 0.25) is 0 Å². The summed E-state index contributed by atoms with van der Waals surface area (Å²) in [6.45, 7) is 4.81. The zero-order valence-electron chi connectivity index (χ0n) is 16.8. The molecular weight excluding hydrogens is 448 g/mol. The van der Waals surface area contributed by atoms with Crippen LogP contribution < -0.4 is 5.56 Å². The molecule has 1 atom stereocenters. The van der Waals surface area contributed by atoms with Gasteiger partial charge < -0.3 is 9.55 Å². The summed E-state index contributed by atoms with van der Waals surface area (Å²) in [5, 5.41) is 14.1. The fourth-order valence-corrected chi connectivity index (χ4v) is 6.10. The van der Waals surface area contributed by atoms with Gasteiger partial charge in [-0.25, -0.2) is 4.98 Å². The molecular formula is C21H18N6OS3. The van der Waals surface area contributed by atoms with Crippen molar-refractivity contribution in [2.24, 2.45) is 0 Å². The maximum Gasteiger partial charge on any atom is 0.260 e. The molecule has 156 valence electrons. The zero-order chi connectivity index (χ0) is 21.4. The molecule has 5 rings (SSSR count). The van der Waals surface area contributed by atoms with Crippen LogP contribution in [0.5, 0.6) is 0 Å². The van der Waals surface area contributed by atoms with Gasteiger partial charge in [-0.2, -0.15) is 0 Å². The Hall–Kier alpha value is -2.82. The number of aromatic amines is 1. The van der Waals surface area contributed by atoms with Crippen LogP contribution in [-0.4, -0.2) is 29.7 Å². The van der Waals surface area contributed by atoms with Crippen LogP contribution >= 0.6 is 34.4 Å². The van der Waals surface area contributed by atoms with E-state index < -0.39 is 0 Å². The lowest BCUT2D eigenvalue weighted by Gasteiger charge is -2.12. The predicted molar refractivity (Wildman–Crippen MR) is 127 cm³/mol. The summed E-state index contributed by atoms with van der Waals surface area (Å²) in [6, 6.07) is 7.85. The van der Waals surface area contributed by atoms with Gasteiger partial charge >= 0.3 is 0 Å². The van der Waals surface area contributed by atoms with Gasteiger partial charge in [0.15, 0.2) is 11.0 Å². The van der Waals surface area contributed by atoms with Crippen LogP contribution in [0, 0.1) is 0 Å². The molecule has 0 spiro atoms. The number of pyridine rings is 1. The number of thioether (sulfide) groups is 1. The number of nitrogens with one attached hydrogen (secondary N) is 1. The molecule has 0 aromatic carbocycles. The van der Waals surface area contributed by atoms with Crippen molar-refractivity contribution in [3.8, 4) is 21.8 Å². The van der Waals surface area contributed by atoms with E-state index in [0.29, 0.717) is 11.2 Å². The molecule has 0 aliphatic carbocycles. The van der Waals surface area contributed by atoms with Gasteiger partial charge in [0.05, 0.1) is 10.6 Å². The van der Waals surface area contributed by atoms with Crippen molar-refractivity contribution in [3.63, 3.8) is 0 Å². The van der Waals surface area contributed by atoms with Gasteiger partial charge in [-0.3, -0.25) is 9.78 Å². The van der Waals surface area contributed by atoms with Gasteiger partial charge in [0.1, 0.15) is 10.7 Å². The predicted octanol–water partition coefficient (Wildman–Crippen LogP) is 5.24. The number of rotatable bonds is 6. The van der Waals surface area contributed by atoms with Crippen molar-refractivity contribution in [3.05, 3.63) is 63.6 Å². The Balaban J connectivity index is 1.47. The third kappa shape index (κ3) is 3.71. The first kappa shape index (κ1) is 20.1. The summed E-state index contributed by atoms with van der Waals surface area (Å²) in [4.78, 5) is 26.6. The Morgan fingerprint density at radius 2 is 2.03 bits per heavy atom. The molecule has 5 aromatic rings. The number of aromatic nitrogens is 6. The molecule has 0 fully saturated rings. The lowest BCUT2D eigenvalue weighted by atomic mass is 10.2. The topological polar surface area (TPSA) is 89.4 Å². The second kappa shape index (κ2) is 8.37. The summed E-state index contributed by atoms with van der Waals surface area (Å²) in [6.07, 6.45) is 3.49. The van der Waals surface area contributed by atoms with E-state index in [-0.39, 0.29) is 10.8 Å². The number of hydrogen-bond donors (Lipinski definition) is 1. The fourth-order valence-electron chi connectivity index (χ4n) is 3.36. The fraction of sp³-hybridized carbons (Fsp3) is 0.190. The summed E-state index contributed by atoms with van der Waals surface area (Å²) in [5.74, 6) is 1.44. The number of H-pyrrole nitrogens is 1. The standard InChI is InChI=1S/C21H18N6OS3/c1-3-27-18(13-6-8-22-9-7-13)25-26-21(27)31-12(2)17-23-19(28)16-14(11-30-20(16)24-17)15-5-4-10-29-15/h4-12H,3H2,1-2H3,(H,23,24,28).